The number of rotatable bonds is 6. The number of nitrogens with zero attached hydrogens (tertiary/aromatic N) is 1. The number of hydrogen-bond donors (Lipinski definition) is 2. The summed E-state index contributed by atoms with van der Waals surface area (Å²) < 4.78 is 27.8. The number of carbonyl (C=O) groups excluding carboxylic acids is 1. The number of amides is 1. The summed E-state index contributed by atoms with van der Waals surface area (Å²) in [5.74, 6) is -1.28. The molecule has 2 unspecified atom stereocenters. The average molecular weight is 384 g/mol. The fraction of sp³-hybridized carbons (Fsp3) is 0.562. The van der Waals surface area contributed by atoms with Gasteiger partial charge in [-0.3, -0.25) is 4.79 Å². The van der Waals surface area contributed by atoms with Crippen molar-refractivity contribution >= 4 is 30.7 Å². The molecular formula is C16H25Cl2F2N3O. The van der Waals surface area contributed by atoms with Crippen LogP contribution in [-0.4, -0.2) is 44.0 Å². The van der Waals surface area contributed by atoms with E-state index in [2.05, 4.69) is 10.6 Å². The highest BCUT2D eigenvalue weighted by atomic mass is 35.5. The van der Waals surface area contributed by atoms with Crippen LogP contribution in [0.4, 0.5) is 8.78 Å². The Kier molecular flexibility index (Phi) is 10.4. The summed E-state index contributed by atoms with van der Waals surface area (Å²) in [5.41, 5.74) is -0.00760. The number of benzene rings is 1. The fourth-order valence-electron chi connectivity index (χ4n) is 2.81. The van der Waals surface area contributed by atoms with Crippen LogP contribution in [0.2, 0.25) is 0 Å². The Labute approximate surface area is 154 Å². The van der Waals surface area contributed by atoms with Gasteiger partial charge < -0.3 is 15.5 Å². The third-order valence-corrected chi connectivity index (χ3v) is 4.04. The van der Waals surface area contributed by atoms with E-state index < -0.39 is 17.7 Å². The quantitative estimate of drug-likeness (QED) is 0.793. The minimum atomic E-state index is -0.592. The van der Waals surface area contributed by atoms with Gasteiger partial charge in [-0.05, 0) is 45.6 Å². The maximum atomic E-state index is 13.9. The summed E-state index contributed by atoms with van der Waals surface area (Å²) in [5, 5.41) is 6.05. The smallest absolute Gasteiger partial charge is 0.221 e. The topological polar surface area (TPSA) is 44.4 Å². The normalized spacial score (nSPS) is 17.8. The van der Waals surface area contributed by atoms with Gasteiger partial charge >= 0.3 is 0 Å². The highest BCUT2D eigenvalue weighted by molar-refractivity contribution is 5.85. The van der Waals surface area contributed by atoms with Crippen molar-refractivity contribution in [1.82, 2.24) is 15.5 Å². The Bertz CT molecular complexity index is 506. The van der Waals surface area contributed by atoms with E-state index in [1.807, 2.05) is 0 Å². The number of nitrogens with one attached hydrogen (secondary N) is 2. The van der Waals surface area contributed by atoms with Crippen LogP contribution in [-0.2, 0) is 4.79 Å². The van der Waals surface area contributed by atoms with Crippen molar-refractivity contribution in [3.05, 3.63) is 35.4 Å². The molecule has 2 atom stereocenters. The van der Waals surface area contributed by atoms with Crippen LogP contribution in [0.15, 0.2) is 18.2 Å². The molecule has 1 aliphatic rings. The summed E-state index contributed by atoms with van der Waals surface area (Å²) in [6.45, 7) is 1.12. The molecule has 2 N–H and O–H groups in total. The molecule has 0 saturated carbocycles. The van der Waals surface area contributed by atoms with Gasteiger partial charge in [-0.15, -0.1) is 24.8 Å². The zero-order chi connectivity index (χ0) is 16.1. The molecule has 0 radical (unpaired) electrons. The van der Waals surface area contributed by atoms with Crippen molar-refractivity contribution in [2.45, 2.75) is 31.3 Å². The monoisotopic (exact) mass is 383 g/mol. The second kappa shape index (κ2) is 10.8. The molecule has 0 spiro atoms. The van der Waals surface area contributed by atoms with Crippen LogP contribution in [0, 0.1) is 11.6 Å². The maximum Gasteiger partial charge on any atom is 0.221 e. The zero-order valence-corrected chi connectivity index (χ0v) is 15.5. The van der Waals surface area contributed by atoms with Crippen molar-refractivity contribution in [2.24, 2.45) is 0 Å². The lowest BCUT2D eigenvalue weighted by atomic mass is 10.0. The van der Waals surface area contributed by atoms with Crippen molar-refractivity contribution in [1.29, 1.82) is 0 Å². The van der Waals surface area contributed by atoms with E-state index in [9.17, 15) is 13.6 Å². The Morgan fingerprint density at radius 3 is 2.46 bits per heavy atom. The third kappa shape index (κ3) is 6.16. The molecule has 2 rings (SSSR count). The molecule has 0 bridgehead atoms. The zero-order valence-electron chi connectivity index (χ0n) is 13.9. The van der Waals surface area contributed by atoms with Gasteiger partial charge in [-0.25, -0.2) is 8.78 Å². The summed E-state index contributed by atoms with van der Waals surface area (Å²) >= 11 is 0. The van der Waals surface area contributed by atoms with E-state index in [1.54, 1.807) is 19.0 Å². The van der Waals surface area contributed by atoms with E-state index in [0.717, 1.165) is 19.4 Å². The standard InChI is InChI=1S/C16H23F2N3O.2ClH/c1-21(2)14(16-12(17)6-3-7-13(16)18)10-20-15(22)9-11-5-4-8-19-11;;/h3,6-7,11,14,19H,4-5,8-10H2,1-2H3,(H,20,22);2*1H. The van der Waals surface area contributed by atoms with Gasteiger partial charge in [0.1, 0.15) is 11.6 Å². The molecule has 0 aromatic heterocycles. The second-order valence-corrected chi connectivity index (χ2v) is 5.92. The van der Waals surface area contributed by atoms with E-state index in [1.165, 1.54) is 18.2 Å². The molecule has 1 fully saturated rings. The van der Waals surface area contributed by atoms with Crippen LogP contribution in [0.5, 0.6) is 0 Å². The highest BCUT2D eigenvalue weighted by Crippen LogP contribution is 2.24. The van der Waals surface area contributed by atoms with Crippen molar-refractivity contribution < 1.29 is 13.6 Å². The Hall–Kier alpha value is -0.950. The minimum absolute atomic E-state index is 0. The Morgan fingerprint density at radius 2 is 1.96 bits per heavy atom. The molecule has 0 aliphatic carbocycles. The summed E-state index contributed by atoms with van der Waals surface area (Å²) in [7, 11) is 3.47. The molecule has 1 aromatic rings. The first-order valence-corrected chi connectivity index (χ1v) is 7.59. The van der Waals surface area contributed by atoms with Crippen molar-refractivity contribution in [3.8, 4) is 0 Å². The Morgan fingerprint density at radius 1 is 1.33 bits per heavy atom. The fourth-order valence-corrected chi connectivity index (χ4v) is 2.81. The number of halogens is 4. The lowest BCUT2D eigenvalue weighted by Gasteiger charge is -2.26. The third-order valence-electron chi connectivity index (χ3n) is 4.04. The number of carbonyl (C=O) groups is 1. The molecule has 1 aromatic carbocycles. The van der Waals surface area contributed by atoms with Gasteiger partial charge in [0.15, 0.2) is 0 Å². The lowest BCUT2D eigenvalue weighted by molar-refractivity contribution is -0.121. The molecule has 1 saturated heterocycles. The predicted molar refractivity (Wildman–Crippen MR) is 95.9 cm³/mol. The van der Waals surface area contributed by atoms with Gasteiger partial charge in [-0.2, -0.15) is 0 Å². The van der Waals surface area contributed by atoms with E-state index in [0.29, 0.717) is 6.42 Å². The van der Waals surface area contributed by atoms with Gasteiger partial charge in [0.25, 0.3) is 0 Å². The Balaban J connectivity index is 0.00000264. The minimum Gasteiger partial charge on any atom is -0.354 e. The first kappa shape index (κ1) is 23.1. The molecule has 24 heavy (non-hydrogen) atoms. The largest absolute Gasteiger partial charge is 0.354 e. The molecular weight excluding hydrogens is 359 g/mol. The number of likely N-dealkylation sites (N-methyl/N-ethyl adjacent to an activating group) is 1. The van der Waals surface area contributed by atoms with Gasteiger partial charge in [0.05, 0.1) is 6.04 Å². The second-order valence-electron chi connectivity index (χ2n) is 5.92. The summed E-state index contributed by atoms with van der Waals surface area (Å²) in [6.07, 6.45) is 2.48. The molecule has 4 nitrogen and oxygen atoms in total. The van der Waals surface area contributed by atoms with Crippen LogP contribution >= 0.6 is 24.8 Å². The SMILES string of the molecule is CN(C)C(CNC(=O)CC1CCCN1)c1c(F)cccc1F.Cl.Cl. The van der Waals surface area contributed by atoms with Crippen LogP contribution < -0.4 is 10.6 Å². The van der Waals surface area contributed by atoms with Crippen molar-refractivity contribution in [2.75, 3.05) is 27.2 Å². The van der Waals surface area contributed by atoms with Crippen molar-refractivity contribution in [3.63, 3.8) is 0 Å². The lowest BCUT2D eigenvalue weighted by Crippen LogP contribution is -2.38. The highest BCUT2D eigenvalue weighted by Gasteiger charge is 2.23. The predicted octanol–water partition coefficient (Wildman–Crippen LogP) is 2.67. The molecule has 1 amide bonds. The first-order chi connectivity index (χ1) is 10.5. The molecule has 8 heteroatoms. The molecule has 1 aliphatic heterocycles. The van der Waals surface area contributed by atoms with Crippen LogP contribution in [0.3, 0.4) is 0 Å². The summed E-state index contributed by atoms with van der Waals surface area (Å²) in [6, 6.07) is 3.48. The van der Waals surface area contributed by atoms with E-state index >= 15 is 0 Å². The summed E-state index contributed by atoms with van der Waals surface area (Å²) in [4.78, 5) is 13.7. The molecule has 138 valence electrons. The van der Waals surface area contributed by atoms with Gasteiger partial charge in [-0.1, -0.05) is 6.07 Å². The average Bonchev–Trinajstić information content (AvgIpc) is 2.94. The van der Waals surface area contributed by atoms with Gasteiger partial charge in [0.2, 0.25) is 5.91 Å². The molecule has 1 heterocycles. The maximum absolute atomic E-state index is 13.9. The van der Waals surface area contributed by atoms with Gasteiger partial charge in [0, 0.05) is 24.6 Å². The van der Waals surface area contributed by atoms with E-state index in [4.69, 9.17) is 0 Å². The van der Waals surface area contributed by atoms with E-state index in [-0.39, 0.29) is 48.9 Å². The first-order valence-electron chi connectivity index (χ1n) is 7.59. The number of hydrogen-bond acceptors (Lipinski definition) is 3. The van der Waals surface area contributed by atoms with Crippen LogP contribution in [0.25, 0.3) is 0 Å². The van der Waals surface area contributed by atoms with Crippen LogP contribution in [0.1, 0.15) is 30.9 Å².